The molecule has 9 nitrogen and oxygen atoms in total. The van der Waals surface area contributed by atoms with E-state index in [1.807, 2.05) is 0 Å². The van der Waals surface area contributed by atoms with Gasteiger partial charge in [-0.15, -0.1) is 5.10 Å². The first kappa shape index (κ1) is 28.3. The lowest BCUT2D eigenvalue weighted by Crippen LogP contribution is -2.27. The molecule has 2 aromatic carbocycles. The number of anilines is 1. The SMILES string of the molecule is C[C@@H]1CCC[C@H](n2cnc(-c3c(-n4ccnn4)ccc(Cl)c3F)cc2=O)c2cc(ccn2)-c2c(ccc(F)c2F)NC1=O. The lowest BCUT2D eigenvalue weighted by Gasteiger charge is -2.23. The third-order valence-corrected chi connectivity index (χ3v) is 7.79. The highest BCUT2D eigenvalue weighted by atomic mass is 35.5. The van der Waals surface area contributed by atoms with Crippen LogP contribution in [0.3, 0.4) is 0 Å². The number of carbonyl (C=O) groups excluding carboxylic acids is 1. The molecule has 5 aromatic rings. The first-order chi connectivity index (χ1) is 20.7. The van der Waals surface area contributed by atoms with Gasteiger partial charge in [-0.05, 0) is 54.8 Å². The van der Waals surface area contributed by atoms with Gasteiger partial charge in [0.25, 0.3) is 5.56 Å². The number of hydrogen-bond acceptors (Lipinski definition) is 6. The molecule has 6 rings (SSSR count). The molecule has 0 saturated heterocycles. The van der Waals surface area contributed by atoms with E-state index in [1.165, 1.54) is 58.4 Å². The van der Waals surface area contributed by atoms with Gasteiger partial charge in [0, 0.05) is 23.7 Å². The zero-order valence-corrected chi connectivity index (χ0v) is 23.4. The summed E-state index contributed by atoms with van der Waals surface area (Å²) >= 11 is 6.08. The third kappa shape index (κ3) is 5.29. The first-order valence-corrected chi connectivity index (χ1v) is 13.8. The van der Waals surface area contributed by atoms with Gasteiger partial charge in [-0.2, -0.15) is 0 Å². The number of nitrogens with one attached hydrogen (secondary N) is 1. The summed E-state index contributed by atoms with van der Waals surface area (Å²) in [5, 5.41) is 10.2. The fourth-order valence-corrected chi connectivity index (χ4v) is 5.41. The summed E-state index contributed by atoms with van der Waals surface area (Å²) in [6, 6.07) is 8.76. The van der Waals surface area contributed by atoms with Crippen LogP contribution in [0.25, 0.3) is 28.1 Å². The van der Waals surface area contributed by atoms with Crippen LogP contribution < -0.4 is 10.9 Å². The van der Waals surface area contributed by atoms with E-state index in [9.17, 15) is 14.0 Å². The van der Waals surface area contributed by atoms with Crippen molar-refractivity contribution in [2.45, 2.75) is 32.2 Å². The van der Waals surface area contributed by atoms with Crippen LogP contribution in [0, 0.1) is 23.4 Å². The smallest absolute Gasteiger partial charge is 0.254 e. The van der Waals surface area contributed by atoms with Crippen LogP contribution in [0.2, 0.25) is 5.02 Å². The summed E-state index contributed by atoms with van der Waals surface area (Å²) in [6.07, 6.45) is 7.03. The maximum atomic E-state index is 15.3. The van der Waals surface area contributed by atoms with Gasteiger partial charge in [0.2, 0.25) is 5.91 Å². The summed E-state index contributed by atoms with van der Waals surface area (Å²) in [4.78, 5) is 35.4. The average Bonchev–Trinajstić information content (AvgIpc) is 3.53. The highest BCUT2D eigenvalue weighted by Crippen LogP contribution is 2.36. The van der Waals surface area contributed by atoms with Gasteiger partial charge < -0.3 is 5.32 Å². The minimum atomic E-state index is -1.12. The summed E-state index contributed by atoms with van der Waals surface area (Å²) in [5.41, 5.74) is 0.438. The number of hydrogen-bond donors (Lipinski definition) is 1. The quantitative estimate of drug-likeness (QED) is 0.271. The molecule has 2 atom stereocenters. The van der Waals surface area contributed by atoms with E-state index in [0.717, 1.165) is 6.07 Å². The Morgan fingerprint density at radius 3 is 2.56 bits per heavy atom. The molecule has 4 heterocycles. The van der Waals surface area contributed by atoms with Gasteiger partial charge >= 0.3 is 0 Å². The number of nitrogens with zero attached hydrogens (tertiary/aromatic N) is 6. The fourth-order valence-electron chi connectivity index (χ4n) is 5.25. The molecule has 0 unspecified atom stereocenters. The maximum Gasteiger partial charge on any atom is 0.254 e. The summed E-state index contributed by atoms with van der Waals surface area (Å²) in [7, 11) is 0. The van der Waals surface area contributed by atoms with Crippen LogP contribution in [0.1, 0.15) is 37.9 Å². The van der Waals surface area contributed by atoms with Crippen molar-refractivity contribution in [1.29, 1.82) is 0 Å². The van der Waals surface area contributed by atoms with E-state index in [4.69, 9.17) is 11.6 Å². The number of carbonyl (C=O) groups is 1. The van der Waals surface area contributed by atoms with Crippen LogP contribution in [0.15, 0.2) is 72.2 Å². The number of rotatable bonds is 3. The summed E-state index contributed by atoms with van der Waals surface area (Å²) in [6.45, 7) is 1.74. The zero-order chi connectivity index (χ0) is 30.2. The first-order valence-electron chi connectivity index (χ1n) is 13.4. The Hall–Kier alpha value is -4.84. The monoisotopic (exact) mass is 605 g/mol. The molecule has 218 valence electrons. The molecule has 0 radical (unpaired) electrons. The molecule has 0 saturated carbocycles. The van der Waals surface area contributed by atoms with Crippen molar-refractivity contribution in [3.05, 3.63) is 106 Å². The van der Waals surface area contributed by atoms with Gasteiger partial charge in [-0.1, -0.05) is 30.2 Å². The Morgan fingerprint density at radius 2 is 1.79 bits per heavy atom. The second-order valence-electron chi connectivity index (χ2n) is 10.2. The molecule has 0 fully saturated rings. The van der Waals surface area contributed by atoms with E-state index in [1.54, 1.807) is 19.1 Å². The highest BCUT2D eigenvalue weighted by Gasteiger charge is 2.25. The van der Waals surface area contributed by atoms with E-state index in [0.29, 0.717) is 25.0 Å². The van der Waals surface area contributed by atoms with Crippen LogP contribution in [0.4, 0.5) is 18.9 Å². The standard InChI is InChI=1S/C30H23ClF3N7O2/c1-16-3-2-4-23(21-13-17(9-10-35-21)26-20(38-30(16)43)7-6-19(32)29(26)34)40-15-36-22(14-25(40)42)27-24(41-12-11-37-39-41)8-5-18(31)28(27)33/h5-16,23H,2-4H2,1H3,(H,38,43)/t16-,23+/m1/s1. The molecule has 1 amide bonds. The number of pyridine rings is 1. The maximum absolute atomic E-state index is 15.3. The second kappa shape index (κ2) is 11.4. The Bertz CT molecular complexity index is 1910. The summed E-state index contributed by atoms with van der Waals surface area (Å²) < 4.78 is 47.5. The molecule has 13 heteroatoms. The van der Waals surface area contributed by atoms with E-state index < -0.39 is 35.0 Å². The topological polar surface area (TPSA) is 108 Å². The molecular weight excluding hydrogens is 583 g/mol. The molecule has 1 N–H and O–H groups in total. The molecule has 0 aliphatic carbocycles. The summed E-state index contributed by atoms with van der Waals surface area (Å²) in [5.74, 6) is -3.76. The Balaban J connectivity index is 1.48. The van der Waals surface area contributed by atoms with Gasteiger partial charge in [-0.25, -0.2) is 22.8 Å². The van der Waals surface area contributed by atoms with E-state index in [-0.39, 0.29) is 44.7 Å². The van der Waals surface area contributed by atoms with Crippen molar-refractivity contribution < 1.29 is 18.0 Å². The molecule has 43 heavy (non-hydrogen) atoms. The molecular formula is C30H23ClF3N7O2. The zero-order valence-electron chi connectivity index (χ0n) is 22.6. The number of aromatic nitrogens is 6. The van der Waals surface area contributed by atoms with Crippen LogP contribution in [-0.2, 0) is 4.79 Å². The highest BCUT2D eigenvalue weighted by molar-refractivity contribution is 6.31. The van der Waals surface area contributed by atoms with Gasteiger partial charge in [-0.3, -0.25) is 19.1 Å². The largest absolute Gasteiger partial charge is 0.325 e. The normalized spacial score (nSPS) is 17.0. The lowest BCUT2D eigenvalue weighted by molar-refractivity contribution is -0.119. The lowest BCUT2D eigenvalue weighted by atomic mass is 9.95. The van der Waals surface area contributed by atoms with Crippen molar-refractivity contribution >= 4 is 23.2 Å². The van der Waals surface area contributed by atoms with Crippen molar-refractivity contribution in [1.82, 2.24) is 29.5 Å². The third-order valence-electron chi connectivity index (χ3n) is 7.50. The molecule has 1 aliphatic rings. The van der Waals surface area contributed by atoms with Crippen molar-refractivity contribution in [3.8, 4) is 28.1 Å². The minimum Gasteiger partial charge on any atom is -0.325 e. The molecule has 2 bridgehead atoms. The number of halogens is 4. The molecule has 1 aliphatic heterocycles. The number of fused-ring (bicyclic) bond motifs is 4. The Morgan fingerprint density at radius 1 is 0.953 bits per heavy atom. The predicted octanol–water partition coefficient (Wildman–Crippen LogP) is 5.97. The van der Waals surface area contributed by atoms with Crippen molar-refractivity contribution in [2.75, 3.05) is 5.32 Å². The second-order valence-corrected chi connectivity index (χ2v) is 10.6. The van der Waals surface area contributed by atoms with Crippen LogP contribution in [-0.4, -0.2) is 35.4 Å². The molecule has 3 aromatic heterocycles. The minimum absolute atomic E-state index is 0.0263. The fraction of sp³-hybridized carbons (Fsp3) is 0.200. The van der Waals surface area contributed by atoms with Crippen molar-refractivity contribution in [3.63, 3.8) is 0 Å². The van der Waals surface area contributed by atoms with Gasteiger partial charge in [0.15, 0.2) is 17.5 Å². The Kier molecular flexibility index (Phi) is 7.53. The van der Waals surface area contributed by atoms with Gasteiger partial charge in [0.1, 0.15) is 0 Å². The van der Waals surface area contributed by atoms with Gasteiger partial charge in [0.05, 0.1) is 58.1 Å². The average molecular weight is 606 g/mol. The van der Waals surface area contributed by atoms with Crippen molar-refractivity contribution in [2.24, 2.45) is 5.92 Å². The number of amides is 1. The van der Waals surface area contributed by atoms with Crippen LogP contribution in [0.5, 0.6) is 0 Å². The Labute approximate surface area is 248 Å². The number of benzene rings is 2. The van der Waals surface area contributed by atoms with E-state index in [2.05, 4.69) is 25.6 Å². The van der Waals surface area contributed by atoms with Crippen LogP contribution >= 0.6 is 11.6 Å². The van der Waals surface area contributed by atoms with E-state index >= 15 is 8.78 Å². The predicted molar refractivity (Wildman–Crippen MR) is 153 cm³/mol. The molecule has 0 spiro atoms.